The predicted octanol–water partition coefficient (Wildman–Crippen LogP) is 2.26. The first-order valence-electron chi connectivity index (χ1n) is 9.86. The number of aryl methyl sites for hydroxylation is 1. The lowest BCUT2D eigenvalue weighted by atomic mass is 10.0. The van der Waals surface area contributed by atoms with Gasteiger partial charge in [-0.15, -0.1) is 0 Å². The molecule has 8 heteroatoms. The number of benzene rings is 2. The number of nitrogens with zero attached hydrogens (tertiary/aromatic N) is 3. The molecule has 4 N–H and O–H groups in total. The van der Waals surface area contributed by atoms with E-state index in [1.165, 1.54) is 0 Å². The minimum atomic E-state index is -0.493. The highest BCUT2D eigenvalue weighted by atomic mass is 16.3. The van der Waals surface area contributed by atoms with Crippen molar-refractivity contribution >= 4 is 5.91 Å². The summed E-state index contributed by atoms with van der Waals surface area (Å²) in [6.45, 7) is 3.28. The van der Waals surface area contributed by atoms with Crippen LogP contribution in [0, 0.1) is 6.92 Å². The van der Waals surface area contributed by atoms with Gasteiger partial charge in [-0.2, -0.15) is 4.98 Å². The van der Waals surface area contributed by atoms with E-state index in [1.54, 1.807) is 60.5 Å². The second kappa shape index (κ2) is 8.55. The molecule has 0 atom stereocenters. The lowest BCUT2D eigenvalue weighted by molar-refractivity contribution is 0.0718. The molecule has 4 rings (SSSR count). The number of aromatic hydroxyl groups is 1. The number of carbonyl (C=O) groups is 1. The van der Waals surface area contributed by atoms with Crippen molar-refractivity contribution in [1.82, 2.24) is 19.8 Å². The first-order chi connectivity index (χ1) is 14.9. The fraction of sp³-hybridized carbons (Fsp3) is 0.174. The van der Waals surface area contributed by atoms with Crippen molar-refractivity contribution in [3.05, 3.63) is 82.4 Å². The van der Waals surface area contributed by atoms with Crippen molar-refractivity contribution in [2.45, 2.75) is 6.92 Å². The molecule has 0 bridgehead atoms. The largest absolute Gasteiger partial charge is 0.508 e. The molecule has 1 aliphatic rings. The van der Waals surface area contributed by atoms with Gasteiger partial charge in [0.25, 0.3) is 5.91 Å². The van der Waals surface area contributed by atoms with Gasteiger partial charge in [0.2, 0.25) is 0 Å². The van der Waals surface area contributed by atoms with Crippen LogP contribution in [0.25, 0.3) is 22.5 Å². The van der Waals surface area contributed by atoms with E-state index in [1.807, 2.05) is 17.0 Å². The molecular weight excluding hydrogens is 394 g/mol. The highest BCUT2D eigenvalue weighted by molar-refractivity contribution is 5.96. The third-order valence-corrected chi connectivity index (χ3v) is 5.18. The van der Waals surface area contributed by atoms with Crippen molar-refractivity contribution in [3.63, 3.8) is 0 Å². The number of carbonyl (C=O) groups excluding carboxylic acids is 1. The van der Waals surface area contributed by atoms with Gasteiger partial charge in [-0.3, -0.25) is 9.69 Å². The van der Waals surface area contributed by atoms with E-state index < -0.39 is 5.69 Å². The Morgan fingerprint density at radius 3 is 2.81 bits per heavy atom. The highest BCUT2D eigenvalue weighted by Gasteiger charge is 2.19. The Labute approximate surface area is 179 Å². The average molecular weight is 417 g/mol. The Hall–Kier alpha value is -3.75. The molecule has 0 spiro atoms. The van der Waals surface area contributed by atoms with Crippen LogP contribution >= 0.6 is 0 Å². The zero-order chi connectivity index (χ0) is 22.0. The Kier molecular flexibility index (Phi) is 5.66. The minimum absolute atomic E-state index is 0.157. The number of hydrogen-bond acceptors (Lipinski definition) is 6. The molecule has 1 amide bonds. The summed E-state index contributed by atoms with van der Waals surface area (Å²) in [6.07, 6.45) is 3.65. The van der Waals surface area contributed by atoms with Crippen molar-refractivity contribution in [3.8, 4) is 28.3 Å². The topological polar surface area (TPSA) is 116 Å². The molecule has 8 nitrogen and oxygen atoms in total. The molecule has 0 aliphatic carbocycles. The molecule has 0 saturated heterocycles. The van der Waals surface area contributed by atoms with Crippen molar-refractivity contribution in [1.29, 1.82) is 0 Å². The van der Waals surface area contributed by atoms with Gasteiger partial charge in [0.15, 0.2) is 0 Å². The monoisotopic (exact) mass is 417 g/mol. The van der Waals surface area contributed by atoms with Gasteiger partial charge < -0.3 is 20.7 Å². The molecule has 2 aromatic carbocycles. The van der Waals surface area contributed by atoms with Gasteiger partial charge in [0.1, 0.15) is 5.75 Å². The molecule has 3 aromatic rings. The van der Waals surface area contributed by atoms with Crippen LogP contribution in [0.4, 0.5) is 0 Å². The molecule has 1 aromatic heterocycles. The van der Waals surface area contributed by atoms with Gasteiger partial charge in [0.05, 0.1) is 18.1 Å². The van der Waals surface area contributed by atoms with Gasteiger partial charge in [-0.25, -0.2) is 4.79 Å². The van der Waals surface area contributed by atoms with Crippen LogP contribution in [0.2, 0.25) is 0 Å². The van der Waals surface area contributed by atoms with Gasteiger partial charge in [-0.1, -0.05) is 18.2 Å². The van der Waals surface area contributed by atoms with E-state index in [0.717, 1.165) is 5.56 Å². The zero-order valence-electron chi connectivity index (χ0n) is 17.1. The van der Waals surface area contributed by atoms with Crippen LogP contribution in [-0.4, -0.2) is 50.7 Å². The Morgan fingerprint density at radius 1 is 1.19 bits per heavy atom. The molecule has 0 fully saturated rings. The number of phenolic OH excluding ortho intramolecular Hbond substituents is 1. The number of hydrogen-bond donors (Lipinski definition) is 3. The van der Waals surface area contributed by atoms with Gasteiger partial charge in [0, 0.05) is 30.5 Å². The van der Waals surface area contributed by atoms with E-state index in [-0.39, 0.29) is 11.7 Å². The van der Waals surface area contributed by atoms with Crippen LogP contribution in [0.5, 0.6) is 5.75 Å². The number of amides is 1. The van der Waals surface area contributed by atoms with Crippen LogP contribution in [0.15, 0.2) is 65.6 Å². The Bertz CT molecular complexity index is 1220. The summed E-state index contributed by atoms with van der Waals surface area (Å²) in [7, 11) is 0. The number of H-pyrrole nitrogens is 1. The average Bonchev–Trinajstić information content (AvgIpc) is 2.80. The fourth-order valence-electron chi connectivity index (χ4n) is 3.47. The number of nitrogens with one attached hydrogen (secondary N) is 1. The van der Waals surface area contributed by atoms with E-state index in [0.29, 0.717) is 48.0 Å². The molecule has 0 unspecified atom stereocenters. The number of phenols is 1. The summed E-state index contributed by atoms with van der Waals surface area (Å²) in [5.41, 5.74) is 8.84. The maximum atomic E-state index is 13.0. The maximum Gasteiger partial charge on any atom is 0.345 e. The van der Waals surface area contributed by atoms with Crippen LogP contribution < -0.4 is 11.4 Å². The van der Waals surface area contributed by atoms with E-state index >= 15 is 0 Å². The molecule has 0 saturated carbocycles. The molecule has 1 aliphatic heterocycles. The summed E-state index contributed by atoms with van der Waals surface area (Å²) >= 11 is 0. The summed E-state index contributed by atoms with van der Waals surface area (Å²) in [5, 5.41) is 9.77. The quantitative estimate of drug-likeness (QED) is 0.600. The summed E-state index contributed by atoms with van der Waals surface area (Å²) in [6, 6.07) is 13.9. The first kappa shape index (κ1) is 20.5. The second-order valence-corrected chi connectivity index (χ2v) is 7.40. The Morgan fingerprint density at radius 2 is 2.03 bits per heavy atom. The normalized spacial score (nSPS) is 14.1. The van der Waals surface area contributed by atoms with Crippen LogP contribution in [0.3, 0.4) is 0 Å². The SMILES string of the molecule is Cc1cc(-c2cc(-c3cccc(C(=O)N4C=CCN(CN)C4)c3)nc(=O)[nH]2)ccc1O. The van der Waals surface area contributed by atoms with E-state index in [2.05, 4.69) is 9.97 Å². The van der Waals surface area contributed by atoms with Gasteiger partial charge >= 0.3 is 5.69 Å². The summed E-state index contributed by atoms with van der Waals surface area (Å²) < 4.78 is 0. The number of aromatic nitrogens is 2. The van der Waals surface area contributed by atoms with Crippen molar-refractivity contribution in [2.24, 2.45) is 5.73 Å². The summed E-state index contributed by atoms with van der Waals surface area (Å²) in [4.78, 5) is 35.5. The molecule has 158 valence electrons. The smallest absolute Gasteiger partial charge is 0.345 e. The third-order valence-electron chi connectivity index (χ3n) is 5.18. The lowest BCUT2D eigenvalue weighted by Gasteiger charge is -2.30. The van der Waals surface area contributed by atoms with Crippen molar-refractivity contribution in [2.75, 3.05) is 19.9 Å². The van der Waals surface area contributed by atoms with Crippen LogP contribution in [-0.2, 0) is 0 Å². The predicted molar refractivity (Wildman–Crippen MR) is 118 cm³/mol. The van der Waals surface area contributed by atoms with Crippen LogP contribution in [0.1, 0.15) is 15.9 Å². The maximum absolute atomic E-state index is 13.0. The van der Waals surface area contributed by atoms with Gasteiger partial charge in [-0.05, 0) is 54.4 Å². The number of nitrogens with two attached hydrogens (primary N) is 1. The summed E-state index contributed by atoms with van der Waals surface area (Å²) in [5.74, 6) is 0.0297. The molecular formula is C23H23N5O3. The fourth-order valence-corrected chi connectivity index (χ4v) is 3.47. The number of aromatic amines is 1. The standard InChI is InChI=1S/C23H23N5O3/c1-15-10-17(6-7-21(15)29)20-12-19(25-23(31)26-20)16-4-2-5-18(11-16)22(30)28-9-3-8-27(13-24)14-28/h2-7,9-12,29H,8,13-14,24H2,1H3,(H,25,26,31). The zero-order valence-corrected chi connectivity index (χ0v) is 17.1. The van der Waals surface area contributed by atoms with Crippen molar-refractivity contribution < 1.29 is 9.90 Å². The third kappa shape index (κ3) is 4.40. The van der Waals surface area contributed by atoms with E-state index in [4.69, 9.17) is 5.73 Å². The molecule has 2 heterocycles. The Balaban J connectivity index is 1.68. The first-order valence-corrected chi connectivity index (χ1v) is 9.86. The lowest BCUT2D eigenvalue weighted by Crippen LogP contribution is -2.44. The second-order valence-electron chi connectivity index (χ2n) is 7.40. The van der Waals surface area contributed by atoms with E-state index in [9.17, 15) is 14.7 Å². The highest BCUT2D eigenvalue weighted by Crippen LogP contribution is 2.26. The molecule has 31 heavy (non-hydrogen) atoms. The molecule has 0 radical (unpaired) electrons. The number of rotatable bonds is 4. The minimum Gasteiger partial charge on any atom is -0.508 e.